The summed E-state index contributed by atoms with van der Waals surface area (Å²) in [6.07, 6.45) is 3.14. The van der Waals surface area contributed by atoms with Crippen LogP contribution < -0.4 is 18.9 Å². The van der Waals surface area contributed by atoms with E-state index in [9.17, 15) is 20.0 Å². The normalized spacial score (nSPS) is 11.1. The predicted molar refractivity (Wildman–Crippen MR) is 230 cm³/mol. The van der Waals surface area contributed by atoms with E-state index in [1.54, 1.807) is 43.6 Å². The van der Waals surface area contributed by atoms with Crippen molar-refractivity contribution >= 4 is 35.1 Å². The van der Waals surface area contributed by atoms with E-state index in [1.807, 2.05) is 48.2 Å². The number of aromatic nitrogens is 1. The summed E-state index contributed by atoms with van der Waals surface area (Å²) in [5.41, 5.74) is 8.79. The van der Waals surface area contributed by atoms with Crippen LogP contribution in [-0.2, 0) is 42.5 Å². The van der Waals surface area contributed by atoms with Gasteiger partial charge in [0.1, 0.15) is 48.9 Å². The fourth-order valence-corrected chi connectivity index (χ4v) is 7.10. The van der Waals surface area contributed by atoms with Crippen LogP contribution >= 0.6 is 23.2 Å². The molecule has 4 aromatic carbocycles. The first kappa shape index (κ1) is 45.2. The number of carboxylic acid groups (broad SMARTS) is 2. The number of aliphatic carboxylic acids is 2. The number of nitriles is 1. The van der Waals surface area contributed by atoms with Crippen molar-refractivity contribution in [3.8, 4) is 40.2 Å². The van der Waals surface area contributed by atoms with Crippen molar-refractivity contribution in [3.05, 3.63) is 134 Å². The minimum absolute atomic E-state index is 0.0115. The number of carboxylic acids is 2. The molecule has 5 rings (SSSR count). The number of ether oxygens (including phenoxy) is 4. The van der Waals surface area contributed by atoms with Crippen LogP contribution in [0.25, 0.3) is 11.1 Å². The Labute approximate surface area is 360 Å². The van der Waals surface area contributed by atoms with E-state index in [0.29, 0.717) is 70.3 Å². The number of rotatable bonds is 21. The SMILES string of the molecule is COc1cc(OCc2cccc(-c3cccc(COc4cc(OCc5cncc(C#N)c5)c(CN(C)CCC(=O)O)cc4Cl)c3C)c2C)c(Cl)cc1CN(C)CCC(=O)O. The molecular formula is C46H48Cl2N4O8. The van der Waals surface area contributed by atoms with E-state index in [4.69, 9.17) is 47.3 Å². The van der Waals surface area contributed by atoms with Crippen molar-refractivity contribution in [2.24, 2.45) is 0 Å². The van der Waals surface area contributed by atoms with Gasteiger partial charge in [-0.25, -0.2) is 0 Å². The number of hydrogen-bond donors (Lipinski definition) is 2. The van der Waals surface area contributed by atoms with Gasteiger partial charge < -0.3 is 39.0 Å². The number of hydrogen-bond acceptors (Lipinski definition) is 10. The van der Waals surface area contributed by atoms with E-state index >= 15 is 0 Å². The highest BCUT2D eigenvalue weighted by molar-refractivity contribution is 6.32. The fourth-order valence-electron chi connectivity index (χ4n) is 6.62. The van der Waals surface area contributed by atoms with Crippen molar-refractivity contribution in [1.29, 1.82) is 5.26 Å². The van der Waals surface area contributed by atoms with Crippen LogP contribution in [0, 0.1) is 25.2 Å². The van der Waals surface area contributed by atoms with E-state index in [1.165, 1.54) is 6.20 Å². The van der Waals surface area contributed by atoms with E-state index in [0.717, 1.165) is 44.5 Å². The van der Waals surface area contributed by atoms with Crippen LogP contribution in [0.4, 0.5) is 0 Å². The van der Waals surface area contributed by atoms with Gasteiger partial charge in [-0.15, -0.1) is 0 Å². The maximum atomic E-state index is 11.2. The number of halogens is 2. The zero-order chi connectivity index (χ0) is 43.3. The molecular weight excluding hydrogens is 807 g/mol. The molecule has 0 aliphatic heterocycles. The van der Waals surface area contributed by atoms with E-state index in [2.05, 4.69) is 37.0 Å². The summed E-state index contributed by atoms with van der Waals surface area (Å²) in [6.45, 7) is 6.30. The van der Waals surface area contributed by atoms with Gasteiger partial charge in [-0.3, -0.25) is 14.6 Å². The van der Waals surface area contributed by atoms with Crippen LogP contribution in [0.3, 0.4) is 0 Å². The van der Waals surface area contributed by atoms with Gasteiger partial charge in [-0.2, -0.15) is 5.26 Å². The predicted octanol–water partition coefficient (Wildman–Crippen LogP) is 9.10. The Kier molecular flexibility index (Phi) is 16.2. The molecule has 2 N–H and O–H groups in total. The first-order chi connectivity index (χ1) is 28.8. The molecule has 0 radical (unpaired) electrons. The molecule has 1 aromatic heterocycles. The number of pyridine rings is 1. The monoisotopic (exact) mass is 854 g/mol. The molecule has 0 aliphatic carbocycles. The Hall–Kier alpha value is -5.84. The number of methoxy groups -OCH3 is 1. The zero-order valence-corrected chi connectivity index (χ0v) is 35.8. The van der Waals surface area contributed by atoms with Crippen molar-refractivity contribution < 1.29 is 38.7 Å². The second kappa shape index (κ2) is 21.4. The minimum atomic E-state index is -0.885. The van der Waals surface area contributed by atoms with Gasteiger partial charge in [0.25, 0.3) is 0 Å². The van der Waals surface area contributed by atoms with Gasteiger partial charge in [0.2, 0.25) is 0 Å². The highest BCUT2D eigenvalue weighted by Crippen LogP contribution is 2.37. The molecule has 0 unspecified atom stereocenters. The third kappa shape index (κ3) is 12.3. The van der Waals surface area contributed by atoms with Crippen LogP contribution in [0.2, 0.25) is 10.0 Å². The molecule has 0 atom stereocenters. The highest BCUT2D eigenvalue weighted by Gasteiger charge is 2.18. The van der Waals surface area contributed by atoms with Gasteiger partial charge >= 0.3 is 11.9 Å². The summed E-state index contributed by atoms with van der Waals surface area (Å²) in [5.74, 6) is 0.255. The van der Waals surface area contributed by atoms with Crippen LogP contribution in [0.15, 0.2) is 79.1 Å². The first-order valence-electron chi connectivity index (χ1n) is 19.2. The molecule has 5 aromatic rings. The maximum Gasteiger partial charge on any atom is 0.304 e. The van der Waals surface area contributed by atoms with Crippen molar-refractivity contribution in [2.75, 3.05) is 34.3 Å². The molecule has 0 fully saturated rings. The van der Waals surface area contributed by atoms with E-state index in [-0.39, 0.29) is 32.7 Å². The summed E-state index contributed by atoms with van der Waals surface area (Å²) in [7, 11) is 5.25. The summed E-state index contributed by atoms with van der Waals surface area (Å²) in [4.78, 5) is 30.1. The standard InChI is InChI=1S/C46H48Cl2N4O8/c1-29-33(27-59-43-19-41(57-5)35(17-39(43)47)24-51(3)14-12-45(53)54)8-6-10-37(29)38-11-7-9-34(30(38)2)28-60-44-20-42(58-26-32-16-31(21-49)22-50-23-32)36(18-40(44)48)25-52(4)15-13-46(55)56/h6-11,16-20,22-23H,12-15,24-28H2,1-5H3,(H,53,54)(H,55,56). The molecule has 0 saturated carbocycles. The quantitative estimate of drug-likeness (QED) is 0.0724. The number of carbonyl (C=O) groups is 2. The van der Waals surface area contributed by atoms with Crippen LogP contribution in [-0.4, -0.2) is 71.2 Å². The van der Waals surface area contributed by atoms with E-state index < -0.39 is 11.9 Å². The lowest BCUT2D eigenvalue weighted by atomic mass is 9.92. The molecule has 12 nitrogen and oxygen atoms in total. The molecule has 0 spiro atoms. The Bertz CT molecular complexity index is 2370. The molecule has 14 heteroatoms. The second-order valence-corrected chi connectivity index (χ2v) is 15.3. The third-order valence-electron chi connectivity index (χ3n) is 10.0. The maximum absolute atomic E-state index is 11.2. The molecule has 0 amide bonds. The lowest BCUT2D eigenvalue weighted by Gasteiger charge is -2.21. The Morgan fingerprint density at radius 2 is 1.17 bits per heavy atom. The average Bonchev–Trinajstić information content (AvgIpc) is 3.22. The molecule has 0 saturated heterocycles. The van der Waals surface area contributed by atoms with Gasteiger partial charge in [-0.05, 0) is 79.5 Å². The molecule has 0 bridgehead atoms. The van der Waals surface area contributed by atoms with Crippen molar-refractivity contribution in [2.45, 2.75) is 59.6 Å². The average molecular weight is 856 g/mol. The fraction of sp³-hybridized carbons (Fsp3) is 0.304. The first-order valence-corrected chi connectivity index (χ1v) is 19.9. The minimum Gasteiger partial charge on any atom is -0.496 e. The molecule has 314 valence electrons. The summed E-state index contributed by atoms with van der Waals surface area (Å²) in [6, 6.07) is 23.0. The highest BCUT2D eigenvalue weighted by atomic mass is 35.5. The Morgan fingerprint density at radius 1 is 0.683 bits per heavy atom. The molecule has 0 aliphatic rings. The van der Waals surface area contributed by atoms with Gasteiger partial charge in [0, 0.05) is 67.4 Å². The lowest BCUT2D eigenvalue weighted by molar-refractivity contribution is -0.138. The molecule has 60 heavy (non-hydrogen) atoms. The third-order valence-corrected chi connectivity index (χ3v) is 10.6. The Balaban J connectivity index is 1.33. The number of nitrogens with zero attached hydrogens (tertiary/aromatic N) is 4. The summed E-state index contributed by atoms with van der Waals surface area (Å²) in [5, 5.41) is 28.4. The smallest absolute Gasteiger partial charge is 0.304 e. The zero-order valence-electron chi connectivity index (χ0n) is 34.3. The Morgan fingerprint density at radius 3 is 1.65 bits per heavy atom. The van der Waals surface area contributed by atoms with Gasteiger partial charge in [0.05, 0.1) is 35.6 Å². The topological polar surface area (TPSA) is 155 Å². The molecule has 1 heterocycles. The summed E-state index contributed by atoms with van der Waals surface area (Å²) < 4.78 is 24.5. The second-order valence-electron chi connectivity index (χ2n) is 14.5. The summed E-state index contributed by atoms with van der Waals surface area (Å²) >= 11 is 13.5. The largest absolute Gasteiger partial charge is 0.496 e. The number of benzene rings is 4. The van der Waals surface area contributed by atoms with Crippen LogP contribution in [0.5, 0.6) is 23.0 Å². The van der Waals surface area contributed by atoms with Crippen molar-refractivity contribution in [1.82, 2.24) is 14.8 Å². The van der Waals surface area contributed by atoms with Gasteiger partial charge in [0.15, 0.2) is 0 Å². The van der Waals surface area contributed by atoms with Crippen molar-refractivity contribution in [3.63, 3.8) is 0 Å². The van der Waals surface area contributed by atoms with Crippen LogP contribution in [0.1, 0.15) is 57.3 Å². The lowest BCUT2D eigenvalue weighted by Crippen LogP contribution is -2.21. The van der Waals surface area contributed by atoms with Gasteiger partial charge in [-0.1, -0.05) is 59.6 Å².